The van der Waals surface area contributed by atoms with Crippen molar-refractivity contribution >= 4 is 11.2 Å². The summed E-state index contributed by atoms with van der Waals surface area (Å²) in [5.74, 6) is 0. The molecule has 1 aromatic carbocycles. The quantitative estimate of drug-likeness (QED) is 0.727. The van der Waals surface area contributed by atoms with E-state index in [0.717, 1.165) is 5.56 Å². The smallest absolute Gasteiger partial charge is 0.332 e. The van der Waals surface area contributed by atoms with Gasteiger partial charge in [-0.3, -0.25) is 13.9 Å². The Kier molecular flexibility index (Phi) is 4.82. The van der Waals surface area contributed by atoms with E-state index in [0.29, 0.717) is 30.7 Å². The molecule has 7 nitrogen and oxygen atoms in total. The van der Waals surface area contributed by atoms with Gasteiger partial charge in [0.25, 0.3) is 5.56 Å². The molecule has 7 heteroatoms. The molecule has 3 aromatic rings. The van der Waals surface area contributed by atoms with Crippen LogP contribution in [0.15, 0.2) is 46.2 Å². The maximum absolute atomic E-state index is 13.0. The van der Waals surface area contributed by atoms with Crippen LogP contribution < -0.4 is 11.2 Å². The van der Waals surface area contributed by atoms with Crippen molar-refractivity contribution in [2.45, 2.75) is 52.4 Å². The first-order chi connectivity index (χ1) is 12.3. The molecule has 2 aromatic heterocycles. The van der Waals surface area contributed by atoms with Crippen LogP contribution in [0.3, 0.4) is 0 Å². The van der Waals surface area contributed by atoms with Gasteiger partial charge in [-0.2, -0.15) is 0 Å². The van der Waals surface area contributed by atoms with Crippen molar-refractivity contribution in [1.29, 1.82) is 0 Å². The van der Waals surface area contributed by atoms with E-state index in [1.807, 2.05) is 37.3 Å². The second-order valence-corrected chi connectivity index (χ2v) is 7.08. The van der Waals surface area contributed by atoms with Crippen LogP contribution in [0.25, 0.3) is 11.2 Å². The van der Waals surface area contributed by atoms with Crippen LogP contribution in [0.2, 0.25) is 0 Å². The van der Waals surface area contributed by atoms with Gasteiger partial charge in [0, 0.05) is 19.6 Å². The van der Waals surface area contributed by atoms with Gasteiger partial charge < -0.3 is 9.67 Å². The largest absolute Gasteiger partial charge is 0.390 e. The summed E-state index contributed by atoms with van der Waals surface area (Å²) in [6.45, 7) is 6.25. The van der Waals surface area contributed by atoms with Gasteiger partial charge in [-0.25, -0.2) is 9.78 Å². The Labute approximate surface area is 151 Å². The number of aryl methyl sites for hydroxylation is 1. The summed E-state index contributed by atoms with van der Waals surface area (Å²) < 4.78 is 4.48. The summed E-state index contributed by atoms with van der Waals surface area (Å²) in [4.78, 5) is 30.0. The van der Waals surface area contributed by atoms with Crippen molar-refractivity contribution in [2.75, 3.05) is 0 Å². The molecule has 0 bridgehead atoms. The highest BCUT2D eigenvalue weighted by molar-refractivity contribution is 5.70. The number of hydrogen-bond donors (Lipinski definition) is 1. The number of aromatic nitrogens is 4. The van der Waals surface area contributed by atoms with Gasteiger partial charge in [0.1, 0.15) is 0 Å². The normalized spacial score (nSPS) is 12.0. The van der Waals surface area contributed by atoms with Crippen molar-refractivity contribution in [3.05, 3.63) is 63.1 Å². The average Bonchev–Trinajstić information content (AvgIpc) is 2.99. The molecular formula is C19H24N4O3. The zero-order valence-electron chi connectivity index (χ0n) is 15.3. The third kappa shape index (κ3) is 3.48. The first-order valence-corrected chi connectivity index (χ1v) is 8.76. The van der Waals surface area contributed by atoms with Crippen molar-refractivity contribution in [2.24, 2.45) is 0 Å². The van der Waals surface area contributed by atoms with E-state index in [4.69, 9.17) is 0 Å². The molecule has 0 aliphatic carbocycles. The van der Waals surface area contributed by atoms with E-state index in [2.05, 4.69) is 4.98 Å². The number of aliphatic hydroxyl groups is 1. The van der Waals surface area contributed by atoms with Crippen molar-refractivity contribution in [3.63, 3.8) is 0 Å². The molecule has 0 aliphatic heterocycles. The van der Waals surface area contributed by atoms with Crippen molar-refractivity contribution < 1.29 is 5.11 Å². The number of imidazole rings is 1. The molecule has 0 fully saturated rings. The standard InChI is InChI=1S/C19H24N4O3/c1-4-22-16-15(17(24)23(18(22)25)11-10-19(2,3)26)21(13-20-16)12-14-8-6-5-7-9-14/h5-9,13,26H,4,10-12H2,1-3H3. The first-order valence-electron chi connectivity index (χ1n) is 8.76. The van der Waals surface area contributed by atoms with Crippen molar-refractivity contribution in [3.8, 4) is 0 Å². The average molecular weight is 356 g/mol. The highest BCUT2D eigenvalue weighted by atomic mass is 16.3. The lowest BCUT2D eigenvalue weighted by Gasteiger charge is -2.18. The van der Waals surface area contributed by atoms with E-state index in [1.165, 1.54) is 9.13 Å². The Morgan fingerprint density at radius 1 is 1.12 bits per heavy atom. The zero-order valence-corrected chi connectivity index (χ0v) is 15.3. The molecule has 138 valence electrons. The molecular weight excluding hydrogens is 332 g/mol. The Bertz CT molecular complexity index is 1020. The van der Waals surface area contributed by atoms with Crippen LogP contribution in [0.4, 0.5) is 0 Å². The van der Waals surface area contributed by atoms with E-state index < -0.39 is 5.60 Å². The molecule has 26 heavy (non-hydrogen) atoms. The third-order valence-electron chi connectivity index (χ3n) is 4.44. The van der Waals surface area contributed by atoms with Gasteiger partial charge in [0.2, 0.25) is 0 Å². The lowest BCUT2D eigenvalue weighted by molar-refractivity contribution is 0.0654. The highest BCUT2D eigenvalue weighted by Crippen LogP contribution is 2.12. The molecule has 0 unspecified atom stereocenters. The predicted molar refractivity (Wildman–Crippen MR) is 100 cm³/mol. The van der Waals surface area contributed by atoms with Crippen LogP contribution >= 0.6 is 0 Å². The summed E-state index contributed by atoms with van der Waals surface area (Å²) in [7, 11) is 0. The van der Waals surface area contributed by atoms with E-state index >= 15 is 0 Å². The zero-order chi connectivity index (χ0) is 18.9. The SMILES string of the molecule is CCn1c(=O)n(CCC(C)(C)O)c(=O)c2c1ncn2Cc1ccccc1. The minimum absolute atomic E-state index is 0.160. The minimum Gasteiger partial charge on any atom is -0.390 e. The fraction of sp³-hybridized carbons (Fsp3) is 0.421. The lowest BCUT2D eigenvalue weighted by atomic mass is 10.1. The summed E-state index contributed by atoms with van der Waals surface area (Å²) in [6.07, 6.45) is 1.91. The molecule has 0 radical (unpaired) electrons. The number of rotatable bonds is 6. The first kappa shape index (κ1) is 18.1. The maximum atomic E-state index is 13.0. The van der Waals surface area contributed by atoms with E-state index in [9.17, 15) is 14.7 Å². The molecule has 2 heterocycles. The fourth-order valence-electron chi connectivity index (χ4n) is 3.01. The maximum Gasteiger partial charge on any atom is 0.332 e. The predicted octanol–water partition coefficient (Wildman–Crippen LogP) is 1.59. The third-order valence-corrected chi connectivity index (χ3v) is 4.44. The Balaban J connectivity index is 2.15. The van der Waals surface area contributed by atoms with Crippen LogP contribution in [-0.4, -0.2) is 29.4 Å². The Hall–Kier alpha value is -2.67. The summed E-state index contributed by atoms with van der Waals surface area (Å²) in [6, 6.07) is 9.78. The van der Waals surface area contributed by atoms with Gasteiger partial charge in [-0.15, -0.1) is 0 Å². The molecule has 0 saturated carbocycles. The van der Waals surface area contributed by atoms with E-state index in [-0.39, 0.29) is 17.8 Å². The van der Waals surface area contributed by atoms with Crippen LogP contribution in [0.5, 0.6) is 0 Å². The lowest BCUT2D eigenvalue weighted by Crippen LogP contribution is -2.41. The molecule has 0 saturated heterocycles. The Morgan fingerprint density at radius 2 is 1.81 bits per heavy atom. The van der Waals surface area contributed by atoms with Crippen LogP contribution in [-0.2, 0) is 19.6 Å². The van der Waals surface area contributed by atoms with Gasteiger partial charge in [0.05, 0.1) is 11.9 Å². The minimum atomic E-state index is -0.956. The molecule has 0 aliphatic rings. The van der Waals surface area contributed by atoms with Crippen molar-refractivity contribution in [1.82, 2.24) is 18.7 Å². The number of benzene rings is 1. The fourth-order valence-corrected chi connectivity index (χ4v) is 3.01. The molecule has 1 N–H and O–H groups in total. The second-order valence-electron chi connectivity index (χ2n) is 7.08. The number of hydrogen-bond acceptors (Lipinski definition) is 4. The molecule has 0 amide bonds. The molecule has 0 spiro atoms. The summed E-state index contributed by atoms with van der Waals surface area (Å²) in [5, 5.41) is 9.97. The summed E-state index contributed by atoms with van der Waals surface area (Å²) in [5.41, 5.74) is 0.140. The highest BCUT2D eigenvalue weighted by Gasteiger charge is 2.19. The van der Waals surface area contributed by atoms with Crippen LogP contribution in [0, 0.1) is 0 Å². The summed E-state index contributed by atoms with van der Waals surface area (Å²) >= 11 is 0. The van der Waals surface area contributed by atoms with Gasteiger partial charge in [0.15, 0.2) is 11.2 Å². The second kappa shape index (κ2) is 6.92. The number of fused-ring (bicyclic) bond motifs is 1. The van der Waals surface area contributed by atoms with Crippen LogP contribution in [0.1, 0.15) is 32.8 Å². The molecule has 3 rings (SSSR count). The van der Waals surface area contributed by atoms with Gasteiger partial charge in [-0.05, 0) is 32.8 Å². The van der Waals surface area contributed by atoms with Gasteiger partial charge >= 0.3 is 5.69 Å². The van der Waals surface area contributed by atoms with Gasteiger partial charge in [-0.1, -0.05) is 30.3 Å². The molecule has 0 atom stereocenters. The number of nitrogens with zero attached hydrogens (tertiary/aromatic N) is 4. The Morgan fingerprint density at radius 3 is 2.42 bits per heavy atom. The monoisotopic (exact) mass is 356 g/mol. The topological polar surface area (TPSA) is 82.0 Å². The van der Waals surface area contributed by atoms with E-state index in [1.54, 1.807) is 24.7 Å².